The highest BCUT2D eigenvalue weighted by Crippen LogP contribution is 2.26. The first kappa shape index (κ1) is 13.6. The molecule has 0 radical (unpaired) electrons. The van der Waals surface area contributed by atoms with Crippen LogP contribution in [-0.4, -0.2) is 38.5 Å². The Morgan fingerprint density at radius 1 is 1.50 bits per heavy atom. The van der Waals surface area contributed by atoms with Gasteiger partial charge in [-0.25, -0.2) is 8.42 Å². The Kier molecular flexibility index (Phi) is 3.82. The maximum Gasteiger partial charge on any atom is 0.243 e. The van der Waals surface area contributed by atoms with Gasteiger partial charge >= 0.3 is 0 Å². The van der Waals surface area contributed by atoms with Gasteiger partial charge in [-0.05, 0) is 25.1 Å². The zero-order chi connectivity index (χ0) is 13.3. The van der Waals surface area contributed by atoms with Gasteiger partial charge in [0.1, 0.15) is 0 Å². The van der Waals surface area contributed by atoms with Crippen molar-refractivity contribution in [1.29, 1.82) is 0 Å². The number of nitrogen functional groups attached to an aromatic ring is 1. The van der Waals surface area contributed by atoms with Crippen LogP contribution in [0.25, 0.3) is 0 Å². The van der Waals surface area contributed by atoms with Crippen molar-refractivity contribution in [3.05, 3.63) is 23.2 Å². The Balaban J connectivity index is 2.37. The molecule has 1 saturated heterocycles. The Hall–Kier alpha value is -0.820. The van der Waals surface area contributed by atoms with E-state index in [0.29, 0.717) is 24.8 Å². The number of nitrogens with two attached hydrogens (primary N) is 1. The van der Waals surface area contributed by atoms with Crippen LogP contribution in [0.15, 0.2) is 23.1 Å². The van der Waals surface area contributed by atoms with Crippen molar-refractivity contribution < 1.29 is 13.2 Å². The first-order chi connectivity index (χ1) is 8.43. The highest BCUT2D eigenvalue weighted by atomic mass is 35.5. The fraction of sp³-hybridized carbons (Fsp3) is 0.455. The largest absolute Gasteiger partial charge is 0.397 e. The fourth-order valence-corrected chi connectivity index (χ4v) is 3.64. The maximum absolute atomic E-state index is 12.4. The molecule has 0 aromatic heterocycles. The molecule has 0 saturated carbocycles. The first-order valence-corrected chi connectivity index (χ1v) is 7.39. The molecule has 1 atom stereocenters. The minimum Gasteiger partial charge on any atom is -0.397 e. The van der Waals surface area contributed by atoms with E-state index in [0.717, 1.165) is 0 Å². The van der Waals surface area contributed by atoms with E-state index in [-0.39, 0.29) is 16.6 Å². The summed E-state index contributed by atoms with van der Waals surface area (Å²) >= 11 is 5.79. The van der Waals surface area contributed by atoms with Gasteiger partial charge in [0, 0.05) is 12.6 Å². The number of nitrogens with zero attached hydrogens (tertiary/aromatic N) is 1. The molecule has 2 N–H and O–H groups in total. The lowest BCUT2D eigenvalue weighted by molar-refractivity contribution is 0.0393. The van der Waals surface area contributed by atoms with Gasteiger partial charge in [-0.15, -0.1) is 0 Å². The van der Waals surface area contributed by atoms with Gasteiger partial charge in [-0.3, -0.25) is 0 Å². The van der Waals surface area contributed by atoms with Gasteiger partial charge in [-0.2, -0.15) is 4.31 Å². The summed E-state index contributed by atoms with van der Waals surface area (Å²) in [5.41, 5.74) is 5.90. The average Bonchev–Trinajstić information content (AvgIpc) is 2.33. The number of morpholine rings is 1. The van der Waals surface area contributed by atoms with E-state index in [1.54, 1.807) is 0 Å². The van der Waals surface area contributed by atoms with Crippen molar-refractivity contribution >= 4 is 27.3 Å². The molecule has 1 unspecified atom stereocenters. The summed E-state index contributed by atoms with van der Waals surface area (Å²) in [6, 6.07) is 4.17. The molecule has 1 aromatic carbocycles. The van der Waals surface area contributed by atoms with Crippen LogP contribution < -0.4 is 5.73 Å². The SMILES string of the molecule is CC1COCCN1S(=O)(=O)c1ccc(Cl)c(N)c1. The van der Waals surface area contributed by atoms with Crippen LogP contribution in [0.4, 0.5) is 5.69 Å². The third-order valence-corrected chi connectivity index (χ3v) is 5.23. The van der Waals surface area contributed by atoms with Crippen LogP contribution >= 0.6 is 11.6 Å². The van der Waals surface area contributed by atoms with Gasteiger partial charge in [0.2, 0.25) is 10.0 Å². The summed E-state index contributed by atoms with van der Waals surface area (Å²) in [4.78, 5) is 0.165. The number of hydrogen-bond acceptors (Lipinski definition) is 4. The van der Waals surface area contributed by atoms with Crippen LogP contribution in [0.1, 0.15) is 6.92 Å². The Bertz CT molecular complexity index is 547. The Morgan fingerprint density at radius 3 is 2.83 bits per heavy atom. The molecule has 1 aromatic rings. The highest BCUT2D eigenvalue weighted by Gasteiger charge is 2.31. The van der Waals surface area contributed by atoms with E-state index in [9.17, 15) is 8.42 Å². The topological polar surface area (TPSA) is 72.6 Å². The van der Waals surface area contributed by atoms with Crippen LogP contribution in [0.2, 0.25) is 5.02 Å². The van der Waals surface area contributed by atoms with E-state index in [2.05, 4.69) is 0 Å². The van der Waals surface area contributed by atoms with Crippen LogP contribution in [0.5, 0.6) is 0 Å². The molecule has 1 heterocycles. The second kappa shape index (κ2) is 5.05. The van der Waals surface area contributed by atoms with Crippen molar-refractivity contribution in [1.82, 2.24) is 4.31 Å². The van der Waals surface area contributed by atoms with Crippen LogP contribution in [0, 0.1) is 0 Å². The quantitative estimate of drug-likeness (QED) is 0.834. The lowest BCUT2D eigenvalue weighted by Crippen LogP contribution is -2.46. The summed E-state index contributed by atoms with van der Waals surface area (Å²) < 4.78 is 31.5. The molecule has 100 valence electrons. The minimum atomic E-state index is -3.54. The summed E-state index contributed by atoms with van der Waals surface area (Å²) in [5, 5.41) is 0.351. The summed E-state index contributed by atoms with van der Waals surface area (Å²) in [6.07, 6.45) is 0. The van der Waals surface area contributed by atoms with E-state index >= 15 is 0 Å². The van der Waals surface area contributed by atoms with Gasteiger partial charge < -0.3 is 10.5 Å². The molecule has 0 bridgehead atoms. The van der Waals surface area contributed by atoms with E-state index in [4.69, 9.17) is 22.1 Å². The van der Waals surface area contributed by atoms with E-state index in [1.807, 2.05) is 6.92 Å². The van der Waals surface area contributed by atoms with Crippen molar-refractivity contribution in [2.24, 2.45) is 0 Å². The smallest absolute Gasteiger partial charge is 0.243 e. The second-order valence-corrected chi connectivity index (χ2v) is 6.52. The zero-order valence-electron chi connectivity index (χ0n) is 9.97. The second-order valence-electron chi connectivity index (χ2n) is 4.22. The van der Waals surface area contributed by atoms with Gasteiger partial charge in [0.05, 0.1) is 28.8 Å². The number of benzene rings is 1. The molecule has 2 rings (SSSR count). The number of rotatable bonds is 2. The number of halogens is 1. The minimum absolute atomic E-state index is 0.165. The van der Waals surface area contributed by atoms with Crippen LogP contribution in [0.3, 0.4) is 0 Å². The number of sulfonamides is 1. The molecule has 1 aliphatic rings. The Labute approximate surface area is 112 Å². The molecular weight excluding hydrogens is 276 g/mol. The van der Waals surface area contributed by atoms with E-state index < -0.39 is 10.0 Å². The average molecular weight is 291 g/mol. The lowest BCUT2D eigenvalue weighted by atomic mass is 10.3. The predicted octanol–water partition coefficient (Wildman–Crippen LogP) is 1.33. The van der Waals surface area contributed by atoms with Crippen LogP contribution in [-0.2, 0) is 14.8 Å². The van der Waals surface area contributed by atoms with Crippen molar-refractivity contribution in [2.75, 3.05) is 25.5 Å². The molecule has 1 fully saturated rings. The van der Waals surface area contributed by atoms with Crippen molar-refractivity contribution in [3.63, 3.8) is 0 Å². The Morgan fingerprint density at radius 2 is 2.22 bits per heavy atom. The van der Waals surface area contributed by atoms with Crippen molar-refractivity contribution in [2.45, 2.75) is 17.9 Å². The third-order valence-electron chi connectivity index (χ3n) is 2.88. The lowest BCUT2D eigenvalue weighted by Gasteiger charge is -2.32. The standard InChI is InChI=1S/C11H15ClN2O3S/c1-8-7-17-5-4-14(8)18(15,16)9-2-3-10(12)11(13)6-9/h2-3,6,8H,4-5,7,13H2,1H3. The molecule has 0 amide bonds. The fourth-order valence-electron chi connectivity index (χ4n) is 1.89. The monoisotopic (exact) mass is 290 g/mol. The number of anilines is 1. The third kappa shape index (κ3) is 2.47. The summed E-state index contributed by atoms with van der Waals surface area (Å²) in [6.45, 7) is 2.98. The zero-order valence-corrected chi connectivity index (χ0v) is 11.5. The molecule has 1 aliphatic heterocycles. The van der Waals surface area contributed by atoms with Gasteiger partial charge in [0.25, 0.3) is 0 Å². The van der Waals surface area contributed by atoms with Gasteiger partial charge in [-0.1, -0.05) is 11.6 Å². The summed E-state index contributed by atoms with van der Waals surface area (Å²) in [7, 11) is -3.54. The molecule has 0 spiro atoms. The maximum atomic E-state index is 12.4. The molecule has 5 nitrogen and oxygen atoms in total. The predicted molar refractivity (Wildman–Crippen MR) is 70.0 cm³/mol. The molecular formula is C11H15ClN2O3S. The number of hydrogen-bond donors (Lipinski definition) is 1. The molecule has 7 heteroatoms. The summed E-state index contributed by atoms with van der Waals surface area (Å²) in [5.74, 6) is 0. The van der Waals surface area contributed by atoms with Gasteiger partial charge in [0.15, 0.2) is 0 Å². The van der Waals surface area contributed by atoms with Crippen molar-refractivity contribution in [3.8, 4) is 0 Å². The molecule has 0 aliphatic carbocycles. The van der Waals surface area contributed by atoms with E-state index in [1.165, 1.54) is 22.5 Å². The number of ether oxygens (including phenoxy) is 1. The molecule has 18 heavy (non-hydrogen) atoms. The normalized spacial score (nSPS) is 22.0. The first-order valence-electron chi connectivity index (χ1n) is 5.57. The highest BCUT2D eigenvalue weighted by molar-refractivity contribution is 7.89.